The van der Waals surface area contributed by atoms with Gasteiger partial charge in [-0.3, -0.25) is 9.78 Å². The molecule has 1 amide bonds. The minimum atomic E-state index is -0.160. The second kappa shape index (κ2) is 17.2. The van der Waals surface area contributed by atoms with Gasteiger partial charge in [-0.25, -0.2) is 0 Å². The molecule has 12 heteroatoms. The quantitative estimate of drug-likeness (QED) is 0.112. The van der Waals surface area contributed by atoms with Gasteiger partial charge in [-0.1, -0.05) is 48.5 Å². The summed E-state index contributed by atoms with van der Waals surface area (Å²) in [7, 11) is 0. The van der Waals surface area contributed by atoms with Crippen molar-refractivity contribution in [2.45, 2.75) is 19.6 Å². The molecular weight excluding hydrogens is 534 g/mol. The summed E-state index contributed by atoms with van der Waals surface area (Å²) in [4.78, 5) is 30.4. The SMILES string of the molecule is NCCOCCOCCNC(=O)c1ccc(CNc2nc(NCc3ccccc3)nc(NCc3ccccn3)n2)cc1. The highest BCUT2D eigenvalue weighted by molar-refractivity contribution is 5.94. The van der Waals surface area contributed by atoms with E-state index >= 15 is 0 Å². The number of aromatic nitrogens is 4. The van der Waals surface area contributed by atoms with Crippen LogP contribution in [0.3, 0.4) is 0 Å². The fourth-order valence-corrected chi connectivity index (χ4v) is 3.76. The van der Waals surface area contributed by atoms with E-state index in [1.165, 1.54) is 0 Å². The van der Waals surface area contributed by atoms with E-state index in [4.69, 9.17) is 15.2 Å². The number of rotatable bonds is 18. The van der Waals surface area contributed by atoms with Crippen LogP contribution in [0.25, 0.3) is 0 Å². The largest absolute Gasteiger partial charge is 0.378 e. The molecule has 12 nitrogen and oxygen atoms in total. The molecule has 0 atom stereocenters. The van der Waals surface area contributed by atoms with E-state index in [0.717, 1.165) is 16.8 Å². The first-order valence-corrected chi connectivity index (χ1v) is 13.8. The van der Waals surface area contributed by atoms with Crippen molar-refractivity contribution in [3.05, 3.63) is 101 Å². The Morgan fingerprint density at radius 1 is 0.667 bits per heavy atom. The molecule has 0 aliphatic heterocycles. The maximum Gasteiger partial charge on any atom is 0.251 e. The topological polar surface area (TPSA) is 161 Å². The van der Waals surface area contributed by atoms with Gasteiger partial charge in [0.25, 0.3) is 5.91 Å². The van der Waals surface area contributed by atoms with Crippen LogP contribution in [0.2, 0.25) is 0 Å². The third-order valence-electron chi connectivity index (χ3n) is 5.92. The standard InChI is InChI=1S/C30H37N9O3/c31-13-16-41-18-19-42-17-15-33-27(40)25-11-9-24(10-12-25)21-35-29-37-28(34-20-23-6-2-1-3-7-23)38-30(39-29)36-22-26-8-4-5-14-32-26/h1-12,14H,13,15-22,31H2,(H,33,40)(H3,34,35,36,37,38,39). The van der Waals surface area contributed by atoms with Crippen LogP contribution >= 0.6 is 0 Å². The average molecular weight is 572 g/mol. The zero-order valence-corrected chi connectivity index (χ0v) is 23.5. The average Bonchev–Trinajstić information content (AvgIpc) is 3.04. The van der Waals surface area contributed by atoms with Gasteiger partial charge in [0, 0.05) is 37.9 Å². The van der Waals surface area contributed by atoms with Gasteiger partial charge in [0.05, 0.1) is 38.7 Å². The summed E-state index contributed by atoms with van der Waals surface area (Å²) in [6.45, 7) is 4.28. The first-order valence-electron chi connectivity index (χ1n) is 13.8. The Hall–Kier alpha value is -4.65. The molecule has 0 aliphatic rings. The van der Waals surface area contributed by atoms with E-state index in [1.54, 1.807) is 18.3 Å². The number of nitrogens with two attached hydrogens (primary N) is 1. The predicted octanol–water partition coefficient (Wildman–Crippen LogP) is 2.82. The van der Waals surface area contributed by atoms with Gasteiger partial charge >= 0.3 is 0 Å². The van der Waals surface area contributed by atoms with Crippen molar-refractivity contribution in [3.63, 3.8) is 0 Å². The van der Waals surface area contributed by atoms with Crippen LogP contribution in [-0.4, -0.2) is 65.4 Å². The minimum absolute atomic E-state index is 0.160. The highest BCUT2D eigenvalue weighted by Crippen LogP contribution is 2.13. The molecule has 4 aromatic rings. The molecule has 0 unspecified atom stereocenters. The molecule has 0 spiro atoms. The molecule has 0 bridgehead atoms. The first-order chi connectivity index (χ1) is 20.7. The fraction of sp³-hybridized carbons (Fsp3) is 0.300. The lowest BCUT2D eigenvalue weighted by Crippen LogP contribution is -2.27. The molecule has 6 N–H and O–H groups in total. The zero-order chi connectivity index (χ0) is 29.2. The van der Waals surface area contributed by atoms with Gasteiger partial charge in [0.15, 0.2) is 0 Å². The van der Waals surface area contributed by atoms with Crippen molar-refractivity contribution in [1.82, 2.24) is 25.3 Å². The van der Waals surface area contributed by atoms with Crippen LogP contribution in [0.1, 0.15) is 27.2 Å². The van der Waals surface area contributed by atoms with E-state index in [0.29, 0.717) is 82.6 Å². The van der Waals surface area contributed by atoms with Crippen LogP contribution in [0, 0.1) is 0 Å². The predicted molar refractivity (Wildman–Crippen MR) is 162 cm³/mol. The van der Waals surface area contributed by atoms with E-state index < -0.39 is 0 Å². The van der Waals surface area contributed by atoms with Gasteiger partial charge in [0.1, 0.15) is 0 Å². The van der Waals surface area contributed by atoms with Crippen molar-refractivity contribution in [2.24, 2.45) is 5.73 Å². The summed E-state index contributed by atoms with van der Waals surface area (Å²) in [5.74, 6) is 1.12. The molecule has 4 rings (SSSR count). The van der Waals surface area contributed by atoms with Crippen molar-refractivity contribution < 1.29 is 14.3 Å². The number of hydrogen-bond donors (Lipinski definition) is 5. The number of nitrogens with one attached hydrogen (secondary N) is 4. The van der Waals surface area contributed by atoms with Crippen molar-refractivity contribution in [3.8, 4) is 0 Å². The lowest BCUT2D eigenvalue weighted by Gasteiger charge is -2.12. The van der Waals surface area contributed by atoms with Gasteiger partial charge in [-0.05, 0) is 35.4 Å². The number of carbonyl (C=O) groups is 1. The van der Waals surface area contributed by atoms with Gasteiger partial charge in [0.2, 0.25) is 17.8 Å². The lowest BCUT2D eigenvalue weighted by atomic mass is 10.1. The summed E-state index contributed by atoms with van der Waals surface area (Å²) in [6, 6.07) is 23.1. The number of ether oxygens (including phenoxy) is 2. The number of hydrogen-bond acceptors (Lipinski definition) is 11. The molecule has 0 saturated carbocycles. The lowest BCUT2D eigenvalue weighted by molar-refractivity contribution is 0.0511. The molecule has 0 saturated heterocycles. The number of pyridine rings is 1. The van der Waals surface area contributed by atoms with Crippen molar-refractivity contribution >= 4 is 23.8 Å². The van der Waals surface area contributed by atoms with Crippen LogP contribution < -0.4 is 27.0 Å². The van der Waals surface area contributed by atoms with E-state index in [1.807, 2.05) is 60.7 Å². The second-order valence-electron chi connectivity index (χ2n) is 9.14. The normalized spacial score (nSPS) is 10.7. The van der Waals surface area contributed by atoms with E-state index in [-0.39, 0.29) is 5.91 Å². The summed E-state index contributed by atoms with van der Waals surface area (Å²) >= 11 is 0. The minimum Gasteiger partial charge on any atom is -0.378 e. The first kappa shape index (κ1) is 30.3. The monoisotopic (exact) mass is 571 g/mol. The van der Waals surface area contributed by atoms with Crippen LogP contribution in [-0.2, 0) is 29.1 Å². The summed E-state index contributed by atoms with van der Waals surface area (Å²) in [5.41, 5.74) is 8.88. The number of amides is 1. The molecule has 0 aliphatic carbocycles. The Bertz CT molecular complexity index is 1280. The molecule has 220 valence electrons. The molecule has 42 heavy (non-hydrogen) atoms. The van der Waals surface area contributed by atoms with E-state index in [9.17, 15) is 4.79 Å². The molecule has 2 heterocycles. The maximum absolute atomic E-state index is 12.4. The molecule has 0 fully saturated rings. The van der Waals surface area contributed by atoms with Crippen molar-refractivity contribution in [2.75, 3.05) is 55.5 Å². The summed E-state index contributed by atoms with van der Waals surface area (Å²) < 4.78 is 10.7. The number of anilines is 3. The fourth-order valence-electron chi connectivity index (χ4n) is 3.76. The number of carbonyl (C=O) groups excluding carboxylic acids is 1. The highest BCUT2D eigenvalue weighted by atomic mass is 16.5. The van der Waals surface area contributed by atoms with Crippen LogP contribution in [0.4, 0.5) is 17.8 Å². The Labute approximate surface area is 245 Å². The molecule has 0 radical (unpaired) electrons. The second-order valence-corrected chi connectivity index (χ2v) is 9.14. The van der Waals surface area contributed by atoms with Gasteiger partial charge in [-0.15, -0.1) is 0 Å². The van der Waals surface area contributed by atoms with E-state index in [2.05, 4.69) is 41.2 Å². The van der Waals surface area contributed by atoms with Gasteiger partial charge in [-0.2, -0.15) is 15.0 Å². The summed E-state index contributed by atoms with van der Waals surface area (Å²) in [5, 5.41) is 12.6. The van der Waals surface area contributed by atoms with Gasteiger partial charge < -0.3 is 36.5 Å². The van der Waals surface area contributed by atoms with Crippen LogP contribution in [0.15, 0.2) is 79.0 Å². The Morgan fingerprint density at radius 3 is 1.88 bits per heavy atom. The third-order valence-corrected chi connectivity index (χ3v) is 5.92. The Kier molecular flexibility index (Phi) is 12.4. The molecule has 2 aromatic heterocycles. The molecular formula is C30H37N9O3. The third kappa shape index (κ3) is 10.7. The van der Waals surface area contributed by atoms with Crippen molar-refractivity contribution in [1.29, 1.82) is 0 Å². The maximum atomic E-state index is 12.4. The summed E-state index contributed by atoms with van der Waals surface area (Å²) in [6.07, 6.45) is 1.75. The van der Waals surface area contributed by atoms with Crippen LogP contribution in [0.5, 0.6) is 0 Å². The Morgan fingerprint density at radius 2 is 1.26 bits per heavy atom. The molecule has 2 aromatic carbocycles. The number of benzene rings is 2. The number of nitrogens with zero attached hydrogens (tertiary/aromatic N) is 4. The zero-order valence-electron chi connectivity index (χ0n) is 23.5. The highest BCUT2D eigenvalue weighted by Gasteiger charge is 2.09. The Balaban J connectivity index is 1.30. The smallest absolute Gasteiger partial charge is 0.251 e.